The fourth-order valence-electron chi connectivity index (χ4n) is 4.97. The number of amides is 1. The van der Waals surface area contributed by atoms with Gasteiger partial charge in [0.15, 0.2) is 0 Å². The Morgan fingerprint density at radius 1 is 0.929 bits per heavy atom. The Morgan fingerprint density at radius 3 is 2.36 bits per heavy atom. The van der Waals surface area contributed by atoms with Gasteiger partial charge in [-0.3, -0.25) is 4.79 Å². The molecule has 0 unspecified atom stereocenters. The molecule has 3 aromatic rings. The lowest BCUT2D eigenvalue weighted by atomic mass is 9.77. The summed E-state index contributed by atoms with van der Waals surface area (Å²) in [6.07, 6.45) is 5.52. The fraction of sp³-hybridized carbons (Fsp3) is 0.375. The fourth-order valence-corrected chi connectivity index (χ4v) is 4.97. The highest BCUT2D eigenvalue weighted by Gasteiger charge is 2.40. The highest BCUT2D eigenvalue weighted by Crippen LogP contribution is 2.40. The number of fused-ring (bicyclic) bond motifs is 1. The molecule has 0 aliphatic carbocycles. The average molecular weight is 374 g/mol. The SMILES string of the molecule is CN1CCC2(CCN(C(=O)c3ccc(-c4ccc5cc[nH]c5c4)cc3)CC2)C1. The number of piperidine rings is 1. The van der Waals surface area contributed by atoms with Gasteiger partial charge in [0.2, 0.25) is 0 Å². The summed E-state index contributed by atoms with van der Waals surface area (Å²) in [6, 6.07) is 16.6. The van der Waals surface area contributed by atoms with E-state index < -0.39 is 0 Å². The van der Waals surface area contributed by atoms with Crippen LogP contribution in [0, 0.1) is 5.41 Å². The van der Waals surface area contributed by atoms with Gasteiger partial charge >= 0.3 is 0 Å². The van der Waals surface area contributed by atoms with Crippen molar-refractivity contribution in [3.05, 3.63) is 60.3 Å². The summed E-state index contributed by atoms with van der Waals surface area (Å²) >= 11 is 0. The van der Waals surface area contributed by atoms with Crippen LogP contribution < -0.4 is 0 Å². The van der Waals surface area contributed by atoms with Crippen LogP contribution in [-0.4, -0.2) is 53.9 Å². The van der Waals surface area contributed by atoms with Gasteiger partial charge in [0, 0.05) is 36.9 Å². The summed E-state index contributed by atoms with van der Waals surface area (Å²) in [4.78, 5) is 20.7. The molecule has 1 amide bonds. The third-order valence-electron chi connectivity index (χ3n) is 6.76. The zero-order chi connectivity index (χ0) is 19.1. The molecule has 3 heterocycles. The molecule has 0 atom stereocenters. The Kier molecular flexibility index (Phi) is 4.24. The molecule has 2 aliphatic rings. The molecule has 1 aromatic heterocycles. The van der Waals surface area contributed by atoms with Crippen LogP contribution in [0.4, 0.5) is 0 Å². The number of H-pyrrole nitrogens is 1. The number of hydrogen-bond donors (Lipinski definition) is 1. The molecular formula is C24H27N3O. The number of nitrogens with one attached hydrogen (secondary N) is 1. The van der Waals surface area contributed by atoms with Gasteiger partial charge in [0.05, 0.1) is 0 Å². The third kappa shape index (κ3) is 3.12. The average Bonchev–Trinajstić information content (AvgIpc) is 3.34. The van der Waals surface area contributed by atoms with Crippen molar-refractivity contribution < 1.29 is 4.79 Å². The highest BCUT2D eigenvalue weighted by atomic mass is 16.2. The first kappa shape index (κ1) is 17.5. The summed E-state index contributed by atoms with van der Waals surface area (Å²) in [5.41, 5.74) is 4.69. The molecule has 4 nitrogen and oxygen atoms in total. The molecule has 1 spiro atoms. The maximum Gasteiger partial charge on any atom is 0.253 e. The molecule has 0 radical (unpaired) electrons. The molecule has 2 saturated heterocycles. The summed E-state index contributed by atoms with van der Waals surface area (Å²) in [5, 5.41) is 1.21. The minimum Gasteiger partial charge on any atom is -0.361 e. The van der Waals surface area contributed by atoms with Gasteiger partial charge in [0.25, 0.3) is 5.91 Å². The quantitative estimate of drug-likeness (QED) is 0.723. The van der Waals surface area contributed by atoms with E-state index in [1.54, 1.807) is 0 Å². The number of carbonyl (C=O) groups is 1. The van der Waals surface area contributed by atoms with E-state index >= 15 is 0 Å². The Labute approximate surface area is 166 Å². The third-order valence-corrected chi connectivity index (χ3v) is 6.76. The van der Waals surface area contributed by atoms with Gasteiger partial charge in [-0.05, 0) is 79.0 Å². The van der Waals surface area contributed by atoms with E-state index in [-0.39, 0.29) is 5.91 Å². The van der Waals surface area contributed by atoms with Gasteiger partial charge < -0.3 is 14.8 Å². The van der Waals surface area contributed by atoms with Crippen LogP contribution in [0.5, 0.6) is 0 Å². The largest absolute Gasteiger partial charge is 0.361 e. The van der Waals surface area contributed by atoms with Gasteiger partial charge in [0.1, 0.15) is 0 Å². The van der Waals surface area contributed by atoms with Crippen molar-refractivity contribution in [2.75, 3.05) is 33.2 Å². The predicted molar refractivity (Wildman–Crippen MR) is 113 cm³/mol. The molecule has 2 aromatic carbocycles. The number of benzene rings is 2. The van der Waals surface area contributed by atoms with Gasteiger partial charge in [-0.15, -0.1) is 0 Å². The Hall–Kier alpha value is -2.59. The second-order valence-electron chi connectivity index (χ2n) is 8.64. The molecule has 0 bridgehead atoms. The highest BCUT2D eigenvalue weighted by molar-refractivity contribution is 5.95. The Bertz CT molecular complexity index is 996. The summed E-state index contributed by atoms with van der Waals surface area (Å²) in [6.45, 7) is 4.16. The van der Waals surface area contributed by atoms with E-state index in [9.17, 15) is 4.79 Å². The van der Waals surface area contributed by atoms with Crippen molar-refractivity contribution in [1.82, 2.24) is 14.8 Å². The zero-order valence-corrected chi connectivity index (χ0v) is 16.4. The van der Waals surface area contributed by atoms with Crippen molar-refractivity contribution in [2.45, 2.75) is 19.3 Å². The topological polar surface area (TPSA) is 39.3 Å². The Balaban J connectivity index is 1.28. The minimum atomic E-state index is 0.174. The van der Waals surface area contributed by atoms with Crippen molar-refractivity contribution in [1.29, 1.82) is 0 Å². The number of likely N-dealkylation sites (tertiary alicyclic amines) is 2. The lowest BCUT2D eigenvalue weighted by Gasteiger charge is -2.39. The van der Waals surface area contributed by atoms with Crippen LogP contribution in [-0.2, 0) is 0 Å². The van der Waals surface area contributed by atoms with E-state index in [2.05, 4.69) is 53.3 Å². The van der Waals surface area contributed by atoms with Gasteiger partial charge in [-0.1, -0.05) is 24.3 Å². The van der Waals surface area contributed by atoms with Gasteiger partial charge in [-0.2, -0.15) is 0 Å². The number of aromatic amines is 1. The normalized spacial score (nSPS) is 19.5. The molecule has 2 fully saturated rings. The first-order valence-corrected chi connectivity index (χ1v) is 10.3. The van der Waals surface area contributed by atoms with Crippen LogP contribution in [0.3, 0.4) is 0 Å². The molecule has 2 aliphatic heterocycles. The number of rotatable bonds is 2. The van der Waals surface area contributed by atoms with E-state index in [0.29, 0.717) is 5.41 Å². The maximum absolute atomic E-state index is 13.0. The van der Waals surface area contributed by atoms with Crippen molar-refractivity contribution in [2.24, 2.45) is 5.41 Å². The van der Waals surface area contributed by atoms with Crippen molar-refractivity contribution in [3.63, 3.8) is 0 Å². The molecule has 4 heteroatoms. The number of carbonyl (C=O) groups excluding carboxylic acids is 1. The number of aromatic nitrogens is 1. The standard InChI is InChI=1S/C24H27N3O/c1-26-13-9-24(17-26)10-14-27(15-11-24)23(28)20-5-2-18(3-6-20)21-7-4-19-8-12-25-22(19)16-21/h2-8,12,16,25H,9-11,13-15,17H2,1H3. The first-order valence-electron chi connectivity index (χ1n) is 10.3. The van der Waals surface area contributed by atoms with E-state index in [1.807, 2.05) is 23.2 Å². The predicted octanol–water partition coefficient (Wildman–Crippen LogP) is 4.39. The lowest BCUT2D eigenvalue weighted by molar-refractivity contribution is 0.0594. The smallest absolute Gasteiger partial charge is 0.253 e. The maximum atomic E-state index is 13.0. The van der Waals surface area contributed by atoms with E-state index in [0.717, 1.165) is 42.6 Å². The summed E-state index contributed by atoms with van der Waals surface area (Å²) in [7, 11) is 2.21. The number of nitrogens with zero attached hydrogens (tertiary/aromatic N) is 2. The van der Waals surface area contributed by atoms with E-state index in [1.165, 1.54) is 30.5 Å². The summed E-state index contributed by atoms with van der Waals surface area (Å²) < 4.78 is 0. The first-order chi connectivity index (χ1) is 13.6. The minimum absolute atomic E-state index is 0.174. The molecule has 5 rings (SSSR count). The second kappa shape index (κ2) is 6.78. The molecule has 28 heavy (non-hydrogen) atoms. The summed E-state index contributed by atoms with van der Waals surface area (Å²) in [5.74, 6) is 0.174. The Morgan fingerprint density at radius 2 is 1.64 bits per heavy atom. The van der Waals surface area contributed by atoms with Crippen LogP contribution in [0.15, 0.2) is 54.7 Å². The molecule has 1 N–H and O–H groups in total. The zero-order valence-electron chi connectivity index (χ0n) is 16.4. The molecule has 144 valence electrons. The molecule has 0 saturated carbocycles. The van der Waals surface area contributed by atoms with Crippen molar-refractivity contribution >= 4 is 16.8 Å². The number of hydrogen-bond acceptors (Lipinski definition) is 2. The van der Waals surface area contributed by atoms with Gasteiger partial charge in [-0.25, -0.2) is 0 Å². The molecular weight excluding hydrogens is 346 g/mol. The van der Waals surface area contributed by atoms with Crippen LogP contribution >= 0.6 is 0 Å². The van der Waals surface area contributed by atoms with Crippen LogP contribution in [0.2, 0.25) is 0 Å². The van der Waals surface area contributed by atoms with Crippen LogP contribution in [0.1, 0.15) is 29.6 Å². The lowest BCUT2D eigenvalue weighted by Crippen LogP contribution is -2.44. The second-order valence-corrected chi connectivity index (χ2v) is 8.64. The van der Waals surface area contributed by atoms with Crippen LogP contribution in [0.25, 0.3) is 22.0 Å². The van der Waals surface area contributed by atoms with E-state index in [4.69, 9.17) is 0 Å². The monoisotopic (exact) mass is 373 g/mol. The van der Waals surface area contributed by atoms with Crippen molar-refractivity contribution in [3.8, 4) is 11.1 Å².